The van der Waals surface area contributed by atoms with Crippen molar-refractivity contribution in [1.29, 1.82) is 5.26 Å². The van der Waals surface area contributed by atoms with Crippen LogP contribution in [0.2, 0.25) is 0 Å². The minimum absolute atomic E-state index is 0.127. The predicted molar refractivity (Wildman–Crippen MR) is 79.3 cm³/mol. The van der Waals surface area contributed by atoms with E-state index in [4.69, 9.17) is 5.26 Å². The molecule has 0 aromatic heterocycles. The van der Waals surface area contributed by atoms with Crippen molar-refractivity contribution in [2.75, 3.05) is 0 Å². The molecule has 104 valence electrons. The van der Waals surface area contributed by atoms with Gasteiger partial charge < -0.3 is 10.6 Å². The Labute approximate surface area is 123 Å². The Bertz CT molecular complexity index is 714. The van der Waals surface area contributed by atoms with Crippen molar-refractivity contribution < 1.29 is 4.79 Å². The molecule has 2 aromatic carbocycles. The fraction of sp³-hybridized carbons (Fsp3) is 0.176. The Morgan fingerprint density at radius 3 is 2.67 bits per heavy atom. The van der Waals surface area contributed by atoms with E-state index in [1.165, 1.54) is 11.1 Å². The van der Waals surface area contributed by atoms with Crippen molar-refractivity contribution in [2.24, 2.45) is 0 Å². The van der Waals surface area contributed by atoms with Crippen LogP contribution in [0.1, 0.15) is 32.6 Å². The summed E-state index contributed by atoms with van der Waals surface area (Å²) in [5.41, 5.74) is 4.85. The molecule has 4 heteroatoms. The summed E-state index contributed by atoms with van der Waals surface area (Å²) in [5, 5.41) is 14.9. The van der Waals surface area contributed by atoms with Crippen LogP contribution in [0.4, 0.5) is 0 Å². The van der Waals surface area contributed by atoms with Crippen LogP contribution >= 0.6 is 0 Å². The molecule has 0 unspecified atom stereocenters. The van der Waals surface area contributed by atoms with E-state index < -0.39 is 0 Å². The number of fused-ring (bicyclic) bond motifs is 1. The highest BCUT2D eigenvalue weighted by Crippen LogP contribution is 2.17. The number of hydrogen-bond acceptors (Lipinski definition) is 3. The first-order valence-corrected chi connectivity index (χ1v) is 6.86. The zero-order chi connectivity index (χ0) is 14.7. The number of carbonyl (C=O) groups excluding carboxylic acids is 1. The van der Waals surface area contributed by atoms with E-state index >= 15 is 0 Å². The van der Waals surface area contributed by atoms with Gasteiger partial charge in [0.05, 0.1) is 11.6 Å². The van der Waals surface area contributed by atoms with E-state index in [0.29, 0.717) is 17.7 Å². The smallest absolute Gasteiger partial charge is 0.251 e. The van der Waals surface area contributed by atoms with Crippen LogP contribution in [-0.4, -0.2) is 5.91 Å². The highest BCUT2D eigenvalue weighted by molar-refractivity contribution is 5.94. The summed E-state index contributed by atoms with van der Waals surface area (Å²) < 4.78 is 0. The molecule has 21 heavy (non-hydrogen) atoms. The lowest BCUT2D eigenvalue weighted by Gasteiger charge is -2.07. The van der Waals surface area contributed by atoms with Gasteiger partial charge in [-0.05, 0) is 41.0 Å². The monoisotopic (exact) mass is 277 g/mol. The molecule has 2 aromatic rings. The van der Waals surface area contributed by atoms with Gasteiger partial charge in [-0.1, -0.05) is 18.2 Å². The average molecular weight is 277 g/mol. The summed E-state index contributed by atoms with van der Waals surface area (Å²) >= 11 is 0. The lowest BCUT2D eigenvalue weighted by Crippen LogP contribution is -2.22. The van der Waals surface area contributed by atoms with Crippen LogP contribution in [0.25, 0.3) is 0 Å². The van der Waals surface area contributed by atoms with Gasteiger partial charge in [0.25, 0.3) is 5.91 Å². The molecule has 0 spiro atoms. The van der Waals surface area contributed by atoms with Crippen molar-refractivity contribution in [3.63, 3.8) is 0 Å². The Morgan fingerprint density at radius 2 is 1.90 bits per heavy atom. The lowest BCUT2D eigenvalue weighted by molar-refractivity contribution is 0.0951. The fourth-order valence-corrected chi connectivity index (χ4v) is 2.44. The van der Waals surface area contributed by atoms with E-state index in [1.54, 1.807) is 24.3 Å². The Morgan fingerprint density at radius 1 is 1.14 bits per heavy atom. The van der Waals surface area contributed by atoms with Crippen molar-refractivity contribution in [1.82, 2.24) is 10.6 Å². The third-order valence-electron chi connectivity index (χ3n) is 3.63. The highest BCUT2D eigenvalue weighted by atomic mass is 16.1. The predicted octanol–water partition coefficient (Wildman–Crippen LogP) is 2.09. The molecule has 4 nitrogen and oxygen atoms in total. The van der Waals surface area contributed by atoms with Crippen LogP contribution in [0, 0.1) is 11.3 Å². The summed E-state index contributed by atoms with van der Waals surface area (Å²) in [4.78, 5) is 12.0. The van der Waals surface area contributed by atoms with Gasteiger partial charge in [-0.15, -0.1) is 0 Å². The second-order valence-electron chi connectivity index (χ2n) is 5.08. The van der Waals surface area contributed by atoms with E-state index in [0.717, 1.165) is 18.7 Å². The number of amides is 1. The number of nitrogens with zero attached hydrogens (tertiary/aromatic N) is 1. The molecular weight excluding hydrogens is 262 g/mol. The SMILES string of the molecule is N#Cc1ccc(C(=O)NCc2ccc3c(c2)CNC3)cc1. The Kier molecular flexibility index (Phi) is 3.67. The van der Waals surface area contributed by atoms with Gasteiger partial charge in [0, 0.05) is 25.2 Å². The summed E-state index contributed by atoms with van der Waals surface area (Å²) in [6, 6.07) is 15.0. The largest absolute Gasteiger partial charge is 0.348 e. The van der Waals surface area contributed by atoms with E-state index in [2.05, 4.69) is 22.8 Å². The standard InChI is InChI=1S/C17H15N3O/c18-8-12-1-4-14(5-2-12)17(21)20-9-13-3-6-15-10-19-11-16(15)7-13/h1-7,19H,9-11H2,(H,20,21). The molecule has 0 atom stereocenters. The van der Waals surface area contributed by atoms with Crippen molar-refractivity contribution >= 4 is 5.91 Å². The third kappa shape index (κ3) is 2.93. The van der Waals surface area contributed by atoms with E-state index in [9.17, 15) is 4.79 Å². The number of nitriles is 1. The van der Waals surface area contributed by atoms with Crippen LogP contribution in [0.3, 0.4) is 0 Å². The molecular formula is C17H15N3O. The molecule has 2 N–H and O–H groups in total. The number of nitrogens with one attached hydrogen (secondary N) is 2. The molecule has 0 saturated heterocycles. The maximum atomic E-state index is 12.0. The lowest BCUT2D eigenvalue weighted by atomic mass is 10.1. The molecule has 0 radical (unpaired) electrons. The second-order valence-corrected chi connectivity index (χ2v) is 5.08. The highest BCUT2D eigenvalue weighted by Gasteiger charge is 2.10. The molecule has 3 rings (SSSR count). The summed E-state index contributed by atoms with van der Waals surface area (Å²) in [5.74, 6) is -0.127. The molecule has 1 amide bonds. The molecule has 1 aliphatic heterocycles. The summed E-state index contributed by atoms with van der Waals surface area (Å²) in [6.45, 7) is 2.33. The molecule has 0 aliphatic carbocycles. The fourth-order valence-electron chi connectivity index (χ4n) is 2.44. The first kappa shape index (κ1) is 13.3. The van der Waals surface area contributed by atoms with Crippen LogP contribution in [-0.2, 0) is 19.6 Å². The van der Waals surface area contributed by atoms with Crippen LogP contribution in [0.15, 0.2) is 42.5 Å². The number of hydrogen-bond donors (Lipinski definition) is 2. The first-order valence-electron chi connectivity index (χ1n) is 6.86. The van der Waals surface area contributed by atoms with Crippen molar-refractivity contribution in [2.45, 2.75) is 19.6 Å². The molecule has 1 aliphatic rings. The van der Waals surface area contributed by atoms with Crippen LogP contribution < -0.4 is 10.6 Å². The van der Waals surface area contributed by atoms with Gasteiger partial charge in [-0.25, -0.2) is 0 Å². The zero-order valence-corrected chi connectivity index (χ0v) is 11.5. The minimum atomic E-state index is -0.127. The van der Waals surface area contributed by atoms with Crippen LogP contribution in [0.5, 0.6) is 0 Å². The van der Waals surface area contributed by atoms with Gasteiger partial charge in [-0.3, -0.25) is 4.79 Å². The topological polar surface area (TPSA) is 64.9 Å². The minimum Gasteiger partial charge on any atom is -0.348 e. The normalized spacial score (nSPS) is 12.5. The number of rotatable bonds is 3. The molecule has 1 heterocycles. The van der Waals surface area contributed by atoms with Gasteiger partial charge in [0.2, 0.25) is 0 Å². The van der Waals surface area contributed by atoms with Crippen molar-refractivity contribution in [3.8, 4) is 6.07 Å². The second kappa shape index (κ2) is 5.78. The summed E-state index contributed by atoms with van der Waals surface area (Å²) in [6.07, 6.45) is 0. The number of benzene rings is 2. The Hall–Kier alpha value is -2.64. The maximum absolute atomic E-state index is 12.0. The molecule has 0 saturated carbocycles. The maximum Gasteiger partial charge on any atom is 0.251 e. The van der Waals surface area contributed by atoms with Gasteiger partial charge in [-0.2, -0.15) is 5.26 Å². The van der Waals surface area contributed by atoms with Gasteiger partial charge >= 0.3 is 0 Å². The zero-order valence-electron chi connectivity index (χ0n) is 11.5. The van der Waals surface area contributed by atoms with E-state index in [1.807, 2.05) is 12.1 Å². The van der Waals surface area contributed by atoms with E-state index in [-0.39, 0.29) is 5.91 Å². The third-order valence-corrected chi connectivity index (χ3v) is 3.63. The Balaban J connectivity index is 1.64. The van der Waals surface area contributed by atoms with Gasteiger partial charge in [0.15, 0.2) is 0 Å². The van der Waals surface area contributed by atoms with Crippen molar-refractivity contribution in [3.05, 3.63) is 70.3 Å². The molecule has 0 fully saturated rings. The first-order chi connectivity index (χ1) is 10.3. The summed E-state index contributed by atoms with van der Waals surface area (Å²) in [7, 11) is 0. The van der Waals surface area contributed by atoms with Gasteiger partial charge in [0.1, 0.15) is 0 Å². The number of carbonyl (C=O) groups is 1. The molecule has 0 bridgehead atoms. The quantitative estimate of drug-likeness (QED) is 0.903. The average Bonchev–Trinajstić information content (AvgIpc) is 3.00.